The number of likely N-dealkylation sites (N-methyl/N-ethyl adjacent to an activating group) is 1. The number of hydrogen-bond acceptors (Lipinski definition) is 5. The van der Waals surface area contributed by atoms with Gasteiger partial charge in [0.2, 0.25) is 5.91 Å². The molecule has 0 radical (unpaired) electrons. The summed E-state index contributed by atoms with van der Waals surface area (Å²) in [7, 11) is 3.97. The van der Waals surface area contributed by atoms with Crippen LogP contribution in [0.3, 0.4) is 0 Å². The van der Waals surface area contributed by atoms with Crippen LogP contribution in [0, 0.1) is 0 Å². The topological polar surface area (TPSA) is 53.9 Å². The molecule has 6 heteroatoms. The second-order valence-electron chi connectivity index (χ2n) is 4.50. The maximum Gasteiger partial charge on any atom is 0.234 e. The molecule has 2 bridgehead atoms. The second kappa shape index (κ2) is 6.58. The molecule has 19 heavy (non-hydrogen) atoms. The number of anilines is 1. The number of thioether (sulfide) groups is 1. The molecular formula is C13H17N3O2S. The molecule has 0 fully saturated rings. The van der Waals surface area contributed by atoms with E-state index in [1.165, 1.54) is 11.8 Å². The first-order chi connectivity index (χ1) is 9.13. The molecule has 102 valence electrons. The largest absolute Gasteiger partial charge is 0.394 e. The maximum atomic E-state index is 11.4. The number of hydrogen-bond donors (Lipinski definition) is 1. The van der Waals surface area contributed by atoms with Crippen LogP contribution in [0.2, 0.25) is 0 Å². The van der Waals surface area contributed by atoms with Gasteiger partial charge in [0.1, 0.15) is 6.61 Å². The number of amides is 1. The number of nitrogens with zero attached hydrogens (tertiary/aromatic N) is 2. The van der Waals surface area contributed by atoms with Crippen LogP contribution < -0.4 is 5.32 Å². The molecule has 1 aromatic rings. The molecule has 1 heterocycles. The average molecular weight is 279 g/mol. The minimum atomic E-state index is 0.0244. The highest BCUT2D eigenvalue weighted by molar-refractivity contribution is 8.00. The van der Waals surface area contributed by atoms with Crippen molar-refractivity contribution in [1.82, 2.24) is 4.90 Å². The number of fused-ring (bicyclic) bond motifs is 2. The van der Waals surface area contributed by atoms with E-state index >= 15 is 0 Å². The van der Waals surface area contributed by atoms with E-state index in [0.717, 1.165) is 22.7 Å². The highest BCUT2D eigenvalue weighted by Gasteiger charge is 2.11. The lowest BCUT2D eigenvalue weighted by atomic mass is 10.2. The number of rotatable bonds is 5. The quantitative estimate of drug-likeness (QED) is 0.506. The van der Waals surface area contributed by atoms with Gasteiger partial charge in [-0.15, -0.1) is 11.8 Å². The monoisotopic (exact) mass is 279 g/mol. The van der Waals surface area contributed by atoms with E-state index < -0.39 is 0 Å². The molecule has 0 saturated heterocycles. The van der Waals surface area contributed by atoms with Crippen molar-refractivity contribution in [1.29, 1.82) is 0 Å². The molecule has 1 aliphatic heterocycles. The van der Waals surface area contributed by atoms with Gasteiger partial charge in [-0.05, 0) is 37.9 Å². The van der Waals surface area contributed by atoms with Crippen LogP contribution in [-0.2, 0) is 9.63 Å². The molecular weight excluding hydrogens is 262 g/mol. The van der Waals surface area contributed by atoms with E-state index in [2.05, 4.69) is 10.5 Å². The summed E-state index contributed by atoms with van der Waals surface area (Å²) in [5, 5.41) is 6.76. The van der Waals surface area contributed by atoms with Crippen molar-refractivity contribution in [2.45, 2.75) is 4.90 Å². The smallest absolute Gasteiger partial charge is 0.234 e. The zero-order valence-electron chi connectivity index (χ0n) is 11.0. The molecule has 2 rings (SSSR count). The van der Waals surface area contributed by atoms with Gasteiger partial charge in [-0.3, -0.25) is 4.79 Å². The van der Waals surface area contributed by atoms with Crippen LogP contribution in [0.5, 0.6) is 0 Å². The van der Waals surface area contributed by atoms with Gasteiger partial charge < -0.3 is 15.1 Å². The molecule has 5 nitrogen and oxygen atoms in total. The lowest BCUT2D eigenvalue weighted by Gasteiger charge is -2.07. The van der Waals surface area contributed by atoms with Crippen molar-refractivity contribution >= 4 is 29.6 Å². The first-order valence-electron chi connectivity index (χ1n) is 6.01. The van der Waals surface area contributed by atoms with Crippen molar-refractivity contribution in [2.24, 2.45) is 5.16 Å². The Labute approximate surface area is 117 Å². The lowest BCUT2D eigenvalue weighted by molar-refractivity contribution is -0.113. The van der Waals surface area contributed by atoms with E-state index in [4.69, 9.17) is 4.84 Å². The predicted octanol–water partition coefficient (Wildman–Crippen LogP) is 1.64. The van der Waals surface area contributed by atoms with E-state index in [0.29, 0.717) is 12.4 Å². The molecule has 0 aromatic heterocycles. The maximum absolute atomic E-state index is 11.4. The molecule has 1 aromatic carbocycles. The Bertz CT molecular complexity index is 489. The van der Waals surface area contributed by atoms with Gasteiger partial charge in [0.15, 0.2) is 0 Å². The van der Waals surface area contributed by atoms with Crippen molar-refractivity contribution < 1.29 is 9.63 Å². The zero-order valence-corrected chi connectivity index (χ0v) is 11.9. The Kier molecular flexibility index (Phi) is 4.81. The van der Waals surface area contributed by atoms with Crippen LogP contribution in [0.1, 0.15) is 5.56 Å². The lowest BCUT2D eigenvalue weighted by Crippen LogP contribution is -2.16. The SMILES string of the molecule is CN(C)CCON=Cc1cc2cc(c1)SCC(=O)N2. The minimum absolute atomic E-state index is 0.0244. The Morgan fingerprint density at radius 3 is 3.11 bits per heavy atom. The summed E-state index contributed by atoms with van der Waals surface area (Å²) in [4.78, 5) is 19.7. The van der Waals surface area contributed by atoms with Gasteiger partial charge in [0.05, 0.1) is 12.0 Å². The highest BCUT2D eigenvalue weighted by atomic mass is 32.2. The van der Waals surface area contributed by atoms with Crippen LogP contribution >= 0.6 is 11.8 Å². The van der Waals surface area contributed by atoms with Gasteiger partial charge >= 0.3 is 0 Å². The summed E-state index contributed by atoms with van der Waals surface area (Å²) in [6, 6.07) is 5.83. The molecule has 0 spiro atoms. The summed E-state index contributed by atoms with van der Waals surface area (Å²) >= 11 is 1.52. The second-order valence-corrected chi connectivity index (χ2v) is 5.55. The highest BCUT2D eigenvalue weighted by Crippen LogP contribution is 2.26. The zero-order chi connectivity index (χ0) is 13.7. The predicted molar refractivity (Wildman–Crippen MR) is 77.9 cm³/mol. The van der Waals surface area contributed by atoms with Crippen LogP contribution in [0.15, 0.2) is 28.3 Å². The summed E-state index contributed by atoms with van der Waals surface area (Å²) in [6.45, 7) is 1.38. The third kappa shape index (κ3) is 4.57. The average Bonchev–Trinajstić information content (AvgIpc) is 2.47. The number of carbonyl (C=O) groups is 1. The van der Waals surface area contributed by atoms with Gasteiger partial charge in [0.25, 0.3) is 0 Å². The van der Waals surface area contributed by atoms with Gasteiger partial charge in [-0.2, -0.15) is 0 Å². The number of carbonyl (C=O) groups excluding carboxylic acids is 1. The first kappa shape index (κ1) is 13.9. The molecule has 1 amide bonds. The molecule has 0 unspecified atom stereocenters. The van der Waals surface area contributed by atoms with Gasteiger partial charge in [0, 0.05) is 17.1 Å². The standard InChI is InChI=1S/C13H17N3O2S/c1-16(2)3-4-18-14-8-10-5-11-7-12(6-10)19-9-13(17)15-11/h5-8H,3-4,9H2,1-2H3,(H,15,17). The summed E-state index contributed by atoms with van der Waals surface area (Å²) in [5.41, 5.74) is 1.73. The summed E-state index contributed by atoms with van der Waals surface area (Å²) in [6.07, 6.45) is 1.67. The Morgan fingerprint density at radius 2 is 2.32 bits per heavy atom. The van der Waals surface area contributed by atoms with E-state index in [1.54, 1.807) is 6.21 Å². The third-order valence-electron chi connectivity index (χ3n) is 2.49. The van der Waals surface area contributed by atoms with Crippen LogP contribution in [0.25, 0.3) is 0 Å². The minimum Gasteiger partial charge on any atom is -0.394 e. The van der Waals surface area contributed by atoms with Crippen molar-refractivity contribution in [3.8, 4) is 0 Å². The van der Waals surface area contributed by atoms with Gasteiger partial charge in [-0.1, -0.05) is 5.16 Å². The van der Waals surface area contributed by atoms with Gasteiger partial charge in [-0.25, -0.2) is 0 Å². The first-order valence-corrected chi connectivity index (χ1v) is 7.00. The van der Waals surface area contributed by atoms with E-state index in [9.17, 15) is 4.79 Å². The third-order valence-corrected chi connectivity index (χ3v) is 3.46. The van der Waals surface area contributed by atoms with Crippen molar-refractivity contribution in [3.05, 3.63) is 23.8 Å². The van der Waals surface area contributed by atoms with E-state index in [-0.39, 0.29) is 5.91 Å². The Balaban J connectivity index is 1.96. The summed E-state index contributed by atoms with van der Waals surface area (Å²) < 4.78 is 0. The van der Waals surface area contributed by atoms with E-state index in [1.807, 2.05) is 37.2 Å². The van der Waals surface area contributed by atoms with Crippen LogP contribution in [-0.4, -0.2) is 50.0 Å². The fourth-order valence-electron chi connectivity index (χ4n) is 1.57. The van der Waals surface area contributed by atoms with Crippen molar-refractivity contribution in [2.75, 3.05) is 38.3 Å². The normalized spacial score (nSPS) is 14.6. The number of oxime groups is 1. The Hall–Kier alpha value is -1.53. The fourth-order valence-corrected chi connectivity index (χ4v) is 2.37. The molecule has 0 aliphatic carbocycles. The van der Waals surface area contributed by atoms with Crippen LogP contribution in [0.4, 0.5) is 5.69 Å². The fraction of sp³-hybridized carbons (Fsp3) is 0.385. The number of benzene rings is 1. The molecule has 1 aliphatic rings. The van der Waals surface area contributed by atoms with Crippen molar-refractivity contribution in [3.63, 3.8) is 0 Å². The Morgan fingerprint density at radius 1 is 1.47 bits per heavy atom. The summed E-state index contributed by atoms with van der Waals surface area (Å²) in [5.74, 6) is 0.472. The molecule has 1 N–H and O–H groups in total. The molecule has 0 atom stereocenters. The molecule has 0 saturated carbocycles. The number of nitrogens with one attached hydrogen (secondary N) is 1.